The van der Waals surface area contributed by atoms with Gasteiger partial charge in [-0.2, -0.15) is 10.2 Å². The number of carbonyl (C=O) groups excluding carboxylic acids is 1. The van der Waals surface area contributed by atoms with Crippen molar-refractivity contribution in [3.8, 4) is 11.5 Å². The van der Waals surface area contributed by atoms with Gasteiger partial charge in [0.1, 0.15) is 11.4 Å². The zero-order chi connectivity index (χ0) is 22.9. The summed E-state index contributed by atoms with van der Waals surface area (Å²) >= 11 is 0. The minimum absolute atomic E-state index is 0.199. The summed E-state index contributed by atoms with van der Waals surface area (Å²) in [6.07, 6.45) is 9.60. The molecule has 1 saturated carbocycles. The van der Waals surface area contributed by atoms with Gasteiger partial charge in [-0.25, -0.2) is 10.1 Å². The zero-order valence-electron chi connectivity index (χ0n) is 18.8. The van der Waals surface area contributed by atoms with Crippen LogP contribution >= 0.6 is 0 Å². The van der Waals surface area contributed by atoms with Crippen molar-refractivity contribution in [1.82, 2.24) is 15.2 Å². The number of unbranched alkanes of at least 4 members (excludes halogenated alkanes) is 1. The van der Waals surface area contributed by atoms with Crippen LogP contribution in [-0.4, -0.2) is 46.3 Å². The Kier molecular flexibility index (Phi) is 8.49. The van der Waals surface area contributed by atoms with Crippen molar-refractivity contribution in [1.29, 1.82) is 0 Å². The minimum Gasteiger partial charge on any atom is -0.493 e. The summed E-state index contributed by atoms with van der Waals surface area (Å²) in [5.74, 6) is 1.06. The van der Waals surface area contributed by atoms with Gasteiger partial charge in [-0.3, -0.25) is 4.79 Å². The summed E-state index contributed by atoms with van der Waals surface area (Å²) in [6.45, 7) is 2.31. The molecule has 1 aliphatic rings. The molecule has 1 fully saturated rings. The molecular formula is C23H33N5O4. The van der Waals surface area contributed by atoms with Crippen molar-refractivity contribution < 1.29 is 19.4 Å². The highest BCUT2D eigenvalue weighted by molar-refractivity contribution is 5.98. The molecule has 0 bridgehead atoms. The lowest BCUT2D eigenvalue weighted by Crippen LogP contribution is -2.21. The lowest BCUT2D eigenvalue weighted by Gasteiger charge is -2.16. The van der Waals surface area contributed by atoms with Crippen LogP contribution in [0.15, 0.2) is 29.5 Å². The molecule has 1 atom stereocenters. The van der Waals surface area contributed by atoms with Gasteiger partial charge in [0.2, 0.25) is 0 Å². The number of aliphatic hydroxyl groups is 1. The van der Waals surface area contributed by atoms with Gasteiger partial charge in [0.15, 0.2) is 11.5 Å². The Balaban J connectivity index is 1.60. The average Bonchev–Trinajstić information content (AvgIpc) is 3.42. The van der Waals surface area contributed by atoms with Crippen LogP contribution in [0.2, 0.25) is 0 Å². The number of hydrazone groups is 1. The molecule has 0 radical (unpaired) electrons. The van der Waals surface area contributed by atoms with Crippen molar-refractivity contribution in [3.05, 3.63) is 35.5 Å². The fraction of sp³-hybridized carbons (Fsp3) is 0.522. The van der Waals surface area contributed by atoms with Gasteiger partial charge in [0, 0.05) is 0 Å². The first-order chi connectivity index (χ1) is 15.5. The molecule has 0 aliphatic heterocycles. The van der Waals surface area contributed by atoms with Gasteiger partial charge in [-0.05, 0) is 55.9 Å². The van der Waals surface area contributed by atoms with Crippen LogP contribution in [0.25, 0.3) is 0 Å². The maximum Gasteiger partial charge on any atom is 0.276 e. The van der Waals surface area contributed by atoms with Crippen molar-refractivity contribution in [2.75, 3.05) is 12.8 Å². The molecule has 32 heavy (non-hydrogen) atoms. The number of anilines is 1. The highest BCUT2D eigenvalue weighted by atomic mass is 16.5. The van der Waals surface area contributed by atoms with E-state index in [2.05, 4.69) is 22.5 Å². The SMILES string of the molecule is CCCCC(O)Cn1ncc(C(=O)N/N=C\c2ccc(OC)c(OC3CCCC3)c2)c1N. The Morgan fingerprint density at radius 3 is 2.91 bits per heavy atom. The van der Waals surface area contributed by atoms with Gasteiger partial charge in [0.05, 0.1) is 38.3 Å². The second-order valence-electron chi connectivity index (χ2n) is 8.06. The number of hydrogen-bond donors (Lipinski definition) is 3. The monoisotopic (exact) mass is 443 g/mol. The summed E-state index contributed by atoms with van der Waals surface area (Å²) in [4.78, 5) is 12.5. The Morgan fingerprint density at radius 1 is 1.41 bits per heavy atom. The Morgan fingerprint density at radius 2 is 2.19 bits per heavy atom. The molecule has 0 saturated heterocycles. The van der Waals surface area contributed by atoms with E-state index in [1.807, 2.05) is 18.2 Å². The number of ether oxygens (including phenoxy) is 2. The number of hydrogen-bond acceptors (Lipinski definition) is 7. The number of methoxy groups -OCH3 is 1. The second kappa shape index (κ2) is 11.5. The molecule has 174 valence electrons. The van der Waals surface area contributed by atoms with E-state index in [-0.39, 0.29) is 24.0 Å². The van der Waals surface area contributed by atoms with Gasteiger partial charge >= 0.3 is 0 Å². The third-order valence-corrected chi connectivity index (χ3v) is 5.56. The molecule has 1 heterocycles. The van der Waals surface area contributed by atoms with Gasteiger partial charge in [-0.1, -0.05) is 19.8 Å². The molecule has 3 rings (SSSR count). The molecule has 1 aliphatic carbocycles. The van der Waals surface area contributed by atoms with Crippen molar-refractivity contribution in [2.45, 2.75) is 70.6 Å². The van der Waals surface area contributed by atoms with Crippen LogP contribution in [-0.2, 0) is 6.54 Å². The lowest BCUT2D eigenvalue weighted by atomic mass is 10.1. The third-order valence-electron chi connectivity index (χ3n) is 5.56. The van der Waals surface area contributed by atoms with E-state index < -0.39 is 12.0 Å². The van der Waals surface area contributed by atoms with Crippen LogP contribution in [0.1, 0.15) is 67.8 Å². The fourth-order valence-electron chi connectivity index (χ4n) is 3.72. The van der Waals surface area contributed by atoms with E-state index in [1.165, 1.54) is 29.9 Å². The number of rotatable bonds is 11. The summed E-state index contributed by atoms with van der Waals surface area (Å²) in [6, 6.07) is 5.50. The molecule has 1 amide bonds. The molecule has 1 aromatic heterocycles. The molecular weight excluding hydrogens is 410 g/mol. The van der Waals surface area contributed by atoms with Crippen LogP contribution in [0, 0.1) is 0 Å². The Labute approximate surface area is 188 Å². The van der Waals surface area contributed by atoms with Crippen LogP contribution < -0.4 is 20.6 Å². The number of benzene rings is 1. The number of carbonyl (C=O) groups is 1. The normalized spacial score (nSPS) is 15.2. The van der Waals surface area contributed by atoms with E-state index in [0.29, 0.717) is 17.9 Å². The molecule has 2 aromatic rings. The number of nitrogen functional groups attached to an aromatic ring is 1. The maximum atomic E-state index is 12.5. The Hall–Kier alpha value is -3.07. The van der Waals surface area contributed by atoms with Crippen LogP contribution in [0.3, 0.4) is 0 Å². The molecule has 4 N–H and O–H groups in total. The minimum atomic E-state index is -0.554. The first-order valence-corrected chi connectivity index (χ1v) is 11.2. The van der Waals surface area contributed by atoms with Crippen molar-refractivity contribution in [2.24, 2.45) is 5.10 Å². The molecule has 9 nitrogen and oxygen atoms in total. The van der Waals surface area contributed by atoms with Crippen LogP contribution in [0.4, 0.5) is 5.82 Å². The van der Waals surface area contributed by atoms with Gasteiger partial charge in [0.25, 0.3) is 5.91 Å². The quantitative estimate of drug-likeness (QED) is 0.362. The molecule has 9 heteroatoms. The lowest BCUT2D eigenvalue weighted by molar-refractivity contribution is 0.0955. The highest BCUT2D eigenvalue weighted by Gasteiger charge is 2.19. The van der Waals surface area contributed by atoms with Gasteiger partial charge < -0.3 is 20.3 Å². The summed E-state index contributed by atoms with van der Waals surface area (Å²) in [7, 11) is 1.61. The number of aromatic nitrogens is 2. The van der Waals surface area contributed by atoms with Crippen molar-refractivity contribution >= 4 is 17.9 Å². The standard InChI is InChI=1S/C23H33N5O4/c1-3-4-7-17(29)15-28-22(24)19(14-26-28)23(30)27-25-13-16-10-11-20(31-2)21(12-16)32-18-8-5-6-9-18/h10-14,17-18,29H,3-9,15,24H2,1-2H3,(H,27,30)/b25-13-. The second-order valence-corrected chi connectivity index (χ2v) is 8.06. The number of nitrogens with two attached hydrogens (primary N) is 1. The summed E-state index contributed by atoms with van der Waals surface area (Å²) in [5.41, 5.74) is 9.49. The predicted octanol–water partition coefficient (Wildman–Crippen LogP) is 3.11. The largest absolute Gasteiger partial charge is 0.493 e. The first-order valence-electron chi connectivity index (χ1n) is 11.2. The van der Waals surface area contributed by atoms with Gasteiger partial charge in [-0.15, -0.1) is 0 Å². The van der Waals surface area contributed by atoms with Crippen molar-refractivity contribution in [3.63, 3.8) is 0 Å². The van der Waals surface area contributed by atoms with E-state index in [4.69, 9.17) is 15.2 Å². The number of nitrogens with zero attached hydrogens (tertiary/aromatic N) is 3. The first kappa shape index (κ1) is 23.6. The highest BCUT2D eigenvalue weighted by Crippen LogP contribution is 2.32. The smallest absolute Gasteiger partial charge is 0.276 e. The van der Waals surface area contributed by atoms with E-state index in [0.717, 1.165) is 31.2 Å². The van der Waals surface area contributed by atoms with Crippen LogP contribution in [0.5, 0.6) is 11.5 Å². The Bertz CT molecular complexity index is 921. The topological polar surface area (TPSA) is 124 Å². The summed E-state index contributed by atoms with van der Waals surface area (Å²) in [5, 5.41) is 18.2. The summed E-state index contributed by atoms with van der Waals surface area (Å²) < 4.78 is 12.9. The predicted molar refractivity (Wildman–Crippen MR) is 123 cm³/mol. The average molecular weight is 444 g/mol. The third kappa shape index (κ3) is 6.23. The number of nitrogens with one attached hydrogen (secondary N) is 1. The van der Waals surface area contributed by atoms with E-state index in [1.54, 1.807) is 7.11 Å². The van der Waals surface area contributed by atoms with E-state index >= 15 is 0 Å². The zero-order valence-corrected chi connectivity index (χ0v) is 18.8. The maximum absolute atomic E-state index is 12.5. The number of aliphatic hydroxyl groups excluding tert-OH is 1. The molecule has 1 aromatic carbocycles. The number of amides is 1. The molecule has 0 spiro atoms. The fourth-order valence-corrected chi connectivity index (χ4v) is 3.72. The molecule has 1 unspecified atom stereocenters. The van der Waals surface area contributed by atoms with E-state index in [9.17, 15) is 9.90 Å².